The van der Waals surface area contributed by atoms with Gasteiger partial charge in [0.1, 0.15) is 0 Å². The highest BCUT2D eigenvalue weighted by Crippen LogP contribution is 2.24. The Labute approximate surface area is 129 Å². The first-order valence-electron chi connectivity index (χ1n) is 6.93. The van der Waals surface area contributed by atoms with Gasteiger partial charge in [-0.25, -0.2) is 4.68 Å². The lowest BCUT2D eigenvalue weighted by Crippen LogP contribution is -2.30. The van der Waals surface area contributed by atoms with Gasteiger partial charge in [-0.1, -0.05) is 25.4 Å². The van der Waals surface area contributed by atoms with Crippen LogP contribution in [0.5, 0.6) is 0 Å². The highest BCUT2D eigenvalue weighted by molar-refractivity contribution is 6.31. The zero-order valence-corrected chi connectivity index (χ0v) is 12.9. The lowest BCUT2D eigenvalue weighted by molar-refractivity contribution is -0.119. The number of anilines is 1. The third-order valence-corrected chi connectivity index (χ3v) is 3.35. The Morgan fingerprint density at radius 3 is 2.95 bits per heavy atom. The van der Waals surface area contributed by atoms with Gasteiger partial charge in [-0.05, 0) is 30.8 Å². The van der Waals surface area contributed by atoms with E-state index >= 15 is 0 Å². The Kier molecular flexibility index (Phi) is 5.36. The number of aromatic nitrogens is 2. The molecular formula is C15H19ClN4O. The molecule has 5 nitrogen and oxygen atoms in total. The van der Waals surface area contributed by atoms with Crippen LogP contribution < -0.4 is 10.6 Å². The largest absolute Gasteiger partial charge is 0.324 e. The Morgan fingerprint density at radius 1 is 1.48 bits per heavy atom. The van der Waals surface area contributed by atoms with Gasteiger partial charge >= 0.3 is 0 Å². The minimum absolute atomic E-state index is 0.0494. The molecule has 0 radical (unpaired) electrons. The molecule has 1 unspecified atom stereocenters. The van der Waals surface area contributed by atoms with Crippen molar-refractivity contribution in [1.29, 1.82) is 0 Å². The highest BCUT2D eigenvalue weighted by Gasteiger charge is 2.15. The van der Waals surface area contributed by atoms with Crippen LogP contribution in [0.1, 0.15) is 13.8 Å². The number of nitrogens with zero attached hydrogens (tertiary/aromatic N) is 2. The van der Waals surface area contributed by atoms with Gasteiger partial charge in [0, 0.05) is 29.9 Å². The van der Waals surface area contributed by atoms with E-state index in [0.29, 0.717) is 17.3 Å². The number of carbonyl (C=O) groups is 1. The fraction of sp³-hybridized carbons (Fsp3) is 0.333. The predicted molar refractivity (Wildman–Crippen MR) is 84.9 cm³/mol. The first-order valence-corrected chi connectivity index (χ1v) is 7.30. The second-order valence-electron chi connectivity index (χ2n) is 4.81. The first-order chi connectivity index (χ1) is 10.1. The first kappa shape index (κ1) is 15.5. The number of amides is 1. The molecule has 1 amide bonds. The van der Waals surface area contributed by atoms with Crippen molar-refractivity contribution in [1.82, 2.24) is 15.1 Å². The van der Waals surface area contributed by atoms with Crippen LogP contribution >= 0.6 is 11.6 Å². The zero-order valence-electron chi connectivity index (χ0n) is 12.1. The second kappa shape index (κ2) is 7.24. The summed E-state index contributed by atoms with van der Waals surface area (Å²) in [6, 6.07) is 7.17. The van der Waals surface area contributed by atoms with Crippen molar-refractivity contribution in [2.45, 2.75) is 13.8 Å². The molecule has 21 heavy (non-hydrogen) atoms. The van der Waals surface area contributed by atoms with Crippen LogP contribution in [0.2, 0.25) is 5.02 Å². The highest BCUT2D eigenvalue weighted by atomic mass is 35.5. The molecular weight excluding hydrogens is 288 g/mol. The average Bonchev–Trinajstić information content (AvgIpc) is 2.98. The van der Waals surface area contributed by atoms with E-state index in [9.17, 15) is 4.79 Å². The molecule has 0 bridgehead atoms. The summed E-state index contributed by atoms with van der Waals surface area (Å²) in [6.45, 7) is 5.38. The predicted octanol–water partition coefficient (Wildman–Crippen LogP) is 2.71. The molecule has 112 valence electrons. The Balaban J connectivity index is 2.19. The molecule has 2 aromatic rings. The standard InChI is InChI=1S/C15H19ClN4O/c1-3-17-10-11(2)15(21)19-13-9-12(16)5-6-14(13)20-8-4-7-18-20/h4-9,11,17H,3,10H2,1-2H3,(H,19,21). The molecule has 1 aromatic carbocycles. The van der Waals surface area contributed by atoms with Gasteiger partial charge in [-0.3, -0.25) is 4.79 Å². The van der Waals surface area contributed by atoms with Crippen LogP contribution in [-0.4, -0.2) is 28.8 Å². The molecule has 2 N–H and O–H groups in total. The van der Waals surface area contributed by atoms with E-state index in [-0.39, 0.29) is 11.8 Å². The number of hydrogen-bond donors (Lipinski definition) is 2. The molecule has 0 aliphatic heterocycles. The van der Waals surface area contributed by atoms with Crippen LogP contribution in [-0.2, 0) is 4.79 Å². The summed E-state index contributed by atoms with van der Waals surface area (Å²) >= 11 is 6.03. The maximum Gasteiger partial charge on any atom is 0.228 e. The Morgan fingerprint density at radius 2 is 2.29 bits per heavy atom. The molecule has 1 aromatic heterocycles. The number of rotatable bonds is 6. The Bertz CT molecular complexity index is 598. The van der Waals surface area contributed by atoms with Crippen LogP contribution in [0, 0.1) is 5.92 Å². The van der Waals surface area contributed by atoms with Crippen LogP contribution in [0.15, 0.2) is 36.7 Å². The molecule has 0 spiro atoms. The topological polar surface area (TPSA) is 59.0 Å². The smallest absolute Gasteiger partial charge is 0.228 e. The van der Waals surface area contributed by atoms with Gasteiger partial charge in [-0.2, -0.15) is 5.10 Å². The van der Waals surface area contributed by atoms with E-state index in [2.05, 4.69) is 15.7 Å². The van der Waals surface area contributed by atoms with Gasteiger partial charge in [0.2, 0.25) is 5.91 Å². The number of benzene rings is 1. The normalized spacial score (nSPS) is 12.1. The number of hydrogen-bond acceptors (Lipinski definition) is 3. The van der Waals surface area contributed by atoms with Crippen molar-refractivity contribution in [2.75, 3.05) is 18.4 Å². The summed E-state index contributed by atoms with van der Waals surface area (Å²) in [5.41, 5.74) is 1.44. The lowest BCUT2D eigenvalue weighted by Gasteiger charge is -2.15. The van der Waals surface area contributed by atoms with Crippen molar-refractivity contribution >= 4 is 23.2 Å². The third kappa shape index (κ3) is 4.06. The van der Waals surface area contributed by atoms with Crippen molar-refractivity contribution in [2.24, 2.45) is 5.92 Å². The average molecular weight is 307 g/mol. The van der Waals surface area contributed by atoms with E-state index in [1.165, 1.54) is 0 Å². The number of nitrogens with one attached hydrogen (secondary N) is 2. The number of carbonyl (C=O) groups excluding carboxylic acids is 1. The van der Waals surface area contributed by atoms with E-state index in [1.54, 1.807) is 23.0 Å². The summed E-state index contributed by atoms with van der Waals surface area (Å²) in [5.74, 6) is -0.180. The fourth-order valence-corrected chi connectivity index (χ4v) is 2.10. The molecule has 0 fully saturated rings. The molecule has 0 saturated heterocycles. The zero-order chi connectivity index (χ0) is 15.2. The summed E-state index contributed by atoms with van der Waals surface area (Å²) < 4.78 is 1.70. The summed E-state index contributed by atoms with van der Waals surface area (Å²) in [6.07, 6.45) is 3.51. The third-order valence-electron chi connectivity index (χ3n) is 3.12. The number of halogens is 1. The minimum atomic E-state index is -0.130. The SMILES string of the molecule is CCNCC(C)C(=O)Nc1cc(Cl)ccc1-n1cccn1. The van der Waals surface area contributed by atoms with Gasteiger partial charge < -0.3 is 10.6 Å². The van der Waals surface area contributed by atoms with Gasteiger partial charge in [0.15, 0.2) is 0 Å². The Hall–Kier alpha value is -1.85. The molecule has 1 atom stereocenters. The molecule has 6 heteroatoms. The summed E-state index contributed by atoms with van der Waals surface area (Å²) in [4.78, 5) is 12.2. The minimum Gasteiger partial charge on any atom is -0.324 e. The van der Waals surface area contributed by atoms with Crippen molar-refractivity contribution in [3.8, 4) is 5.69 Å². The summed E-state index contributed by atoms with van der Waals surface area (Å²) in [5, 5.41) is 10.8. The van der Waals surface area contributed by atoms with E-state index < -0.39 is 0 Å². The van der Waals surface area contributed by atoms with Crippen LogP contribution in [0.4, 0.5) is 5.69 Å². The van der Waals surface area contributed by atoms with E-state index in [4.69, 9.17) is 11.6 Å². The molecule has 0 aliphatic carbocycles. The van der Waals surface area contributed by atoms with Gasteiger partial charge in [-0.15, -0.1) is 0 Å². The lowest BCUT2D eigenvalue weighted by atomic mass is 10.1. The van der Waals surface area contributed by atoms with Gasteiger partial charge in [0.05, 0.1) is 11.4 Å². The second-order valence-corrected chi connectivity index (χ2v) is 5.25. The van der Waals surface area contributed by atoms with E-state index in [0.717, 1.165) is 12.2 Å². The van der Waals surface area contributed by atoms with Crippen LogP contribution in [0.25, 0.3) is 5.69 Å². The summed E-state index contributed by atoms with van der Waals surface area (Å²) in [7, 11) is 0. The molecule has 0 saturated carbocycles. The maximum atomic E-state index is 12.2. The fourth-order valence-electron chi connectivity index (χ4n) is 1.93. The van der Waals surface area contributed by atoms with Crippen LogP contribution in [0.3, 0.4) is 0 Å². The van der Waals surface area contributed by atoms with Gasteiger partial charge in [0.25, 0.3) is 0 Å². The maximum absolute atomic E-state index is 12.2. The van der Waals surface area contributed by atoms with E-state index in [1.807, 2.05) is 32.2 Å². The quantitative estimate of drug-likeness (QED) is 0.862. The van der Waals surface area contributed by atoms with Crippen molar-refractivity contribution in [3.63, 3.8) is 0 Å². The monoisotopic (exact) mass is 306 g/mol. The molecule has 0 aliphatic rings. The van der Waals surface area contributed by atoms with Crippen molar-refractivity contribution in [3.05, 3.63) is 41.7 Å². The molecule has 1 heterocycles. The van der Waals surface area contributed by atoms with Crippen molar-refractivity contribution < 1.29 is 4.79 Å². The molecule has 2 rings (SSSR count).